The minimum absolute atomic E-state index is 0.00490. The molecule has 1 heterocycles. The van der Waals surface area contributed by atoms with Crippen molar-refractivity contribution in [1.29, 1.82) is 0 Å². The van der Waals surface area contributed by atoms with Crippen LogP contribution in [-0.4, -0.2) is 22.2 Å². The minimum Gasteiger partial charge on any atom is -0.489 e. The first-order valence-electron chi connectivity index (χ1n) is 11.9. The fraction of sp³-hybridized carbons (Fsp3) is 0.444. The number of rotatable bonds is 7. The van der Waals surface area contributed by atoms with Crippen LogP contribution in [0.5, 0.6) is 5.75 Å². The average molecular weight is 472 g/mol. The molecule has 0 bridgehead atoms. The summed E-state index contributed by atoms with van der Waals surface area (Å²) in [7, 11) is 0. The van der Waals surface area contributed by atoms with E-state index in [0.29, 0.717) is 11.3 Å². The molecule has 2 aliphatic carbocycles. The van der Waals surface area contributed by atoms with E-state index in [1.54, 1.807) is 6.07 Å². The fourth-order valence-corrected chi connectivity index (χ4v) is 5.75. The molecule has 34 heavy (non-hydrogen) atoms. The van der Waals surface area contributed by atoms with Crippen molar-refractivity contribution in [2.24, 2.45) is 0 Å². The molecule has 2 aromatic carbocycles. The Morgan fingerprint density at radius 1 is 1.09 bits per heavy atom. The number of hydrogen-bond donors (Lipinski definition) is 2. The molecule has 3 aromatic rings. The molecule has 180 valence electrons. The highest BCUT2D eigenvalue weighted by molar-refractivity contribution is 5.87. The molecule has 0 amide bonds. The number of benzene rings is 2. The Labute approximate surface area is 196 Å². The number of aryl methyl sites for hydroxylation is 1. The topological polar surface area (TPSA) is 62.3 Å². The number of hydrogen-bond acceptors (Lipinski definition) is 2. The molecule has 0 radical (unpaired) electrons. The Balaban J connectivity index is 1.35. The first-order chi connectivity index (χ1) is 16.3. The van der Waals surface area contributed by atoms with E-state index in [1.807, 2.05) is 30.3 Å². The van der Waals surface area contributed by atoms with Gasteiger partial charge in [-0.15, -0.1) is 0 Å². The van der Waals surface area contributed by atoms with Crippen LogP contribution in [0.1, 0.15) is 78.3 Å². The lowest BCUT2D eigenvalue weighted by Crippen LogP contribution is -2.14. The summed E-state index contributed by atoms with van der Waals surface area (Å²) in [5.41, 5.74) is 5.00. The highest BCUT2D eigenvalue weighted by Crippen LogP contribution is 2.41. The Bertz CT molecular complexity index is 1210. The Morgan fingerprint density at radius 2 is 1.88 bits per heavy atom. The van der Waals surface area contributed by atoms with E-state index in [9.17, 15) is 18.0 Å². The summed E-state index contributed by atoms with van der Waals surface area (Å²) in [6.07, 6.45) is 0.637. The van der Waals surface area contributed by atoms with Gasteiger partial charge >= 0.3 is 12.1 Å². The molecule has 1 atom stereocenters. The molecule has 2 N–H and O–H groups in total. The van der Waals surface area contributed by atoms with Crippen LogP contribution in [-0.2, 0) is 24.2 Å². The zero-order chi connectivity index (χ0) is 23.9. The number of aromatic amines is 1. The number of aliphatic carboxylic acids is 1. The fourth-order valence-electron chi connectivity index (χ4n) is 5.75. The smallest absolute Gasteiger partial charge is 0.393 e. The predicted molar refractivity (Wildman–Crippen MR) is 123 cm³/mol. The van der Waals surface area contributed by atoms with Crippen LogP contribution in [0.4, 0.5) is 13.2 Å². The van der Waals surface area contributed by atoms with Gasteiger partial charge in [0.15, 0.2) is 0 Å². The molecule has 1 fully saturated rings. The Morgan fingerprint density at radius 3 is 2.62 bits per heavy atom. The summed E-state index contributed by atoms with van der Waals surface area (Å²) in [5, 5.41) is 10.2. The second kappa shape index (κ2) is 9.01. The molecule has 0 saturated heterocycles. The third-order valence-corrected chi connectivity index (χ3v) is 7.28. The number of H-pyrrole nitrogens is 1. The van der Waals surface area contributed by atoms with Gasteiger partial charge in [-0.2, -0.15) is 13.2 Å². The Hall–Kier alpha value is -2.96. The van der Waals surface area contributed by atoms with Crippen molar-refractivity contribution >= 4 is 16.9 Å². The van der Waals surface area contributed by atoms with Crippen molar-refractivity contribution in [2.45, 2.75) is 76.0 Å². The van der Waals surface area contributed by atoms with Crippen LogP contribution in [0.25, 0.3) is 10.9 Å². The van der Waals surface area contributed by atoms with E-state index in [-0.39, 0.29) is 24.9 Å². The normalized spacial score (nSPS) is 18.5. The number of aromatic nitrogens is 1. The summed E-state index contributed by atoms with van der Waals surface area (Å²) >= 11 is 0. The standard InChI is InChI=1S/C27H28F3NO3/c28-27(29,30)14-19-11-16(5-8-21(19)17-3-1-2-4-17)15-34-20-7-10-24-23(13-20)22-9-6-18(12-25(32)33)26(22)31-24/h5,7-8,10-11,13,17-18,31H,1-4,6,9,12,14-15H2,(H,32,33)/t18-/m1/s1. The maximum absolute atomic E-state index is 13.2. The molecule has 0 spiro atoms. The number of nitrogens with one attached hydrogen (secondary N) is 1. The predicted octanol–water partition coefficient (Wildman–Crippen LogP) is 7.01. The van der Waals surface area contributed by atoms with Crippen LogP contribution in [0.3, 0.4) is 0 Å². The molecular weight excluding hydrogens is 443 g/mol. The highest BCUT2D eigenvalue weighted by atomic mass is 19.4. The van der Waals surface area contributed by atoms with Crippen molar-refractivity contribution < 1.29 is 27.8 Å². The van der Waals surface area contributed by atoms with Crippen molar-refractivity contribution in [1.82, 2.24) is 4.98 Å². The van der Waals surface area contributed by atoms with Crippen LogP contribution in [0.15, 0.2) is 36.4 Å². The van der Waals surface area contributed by atoms with Crippen LogP contribution >= 0.6 is 0 Å². The van der Waals surface area contributed by atoms with E-state index < -0.39 is 18.6 Å². The molecule has 2 aliphatic rings. The summed E-state index contributed by atoms with van der Waals surface area (Å²) in [4.78, 5) is 14.5. The number of carboxylic acid groups (broad SMARTS) is 1. The second-order valence-corrected chi connectivity index (χ2v) is 9.65. The quantitative estimate of drug-likeness (QED) is 0.389. The van der Waals surface area contributed by atoms with Gasteiger partial charge in [0, 0.05) is 22.5 Å². The number of halogens is 3. The molecule has 1 saturated carbocycles. The van der Waals surface area contributed by atoms with Gasteiger partial charge in [-0.25, -0.2) is 0 Å². The van der Waals surface area contributed by atoms with Crippen LogP contribution in [0, 0.1) is 0 Å². The van der Waals surface area contributed by atoms with E-state index >= 15 is 0 Å². The molecular formula is C27H28F3NO3. The van der Waals surface area contributed by atoms with Gasteiger partial charge in [0.05, 0.1) is 12.8 Å². The Kier molecular flexibility index (Phi) is 6.04. The lowest BCUT2D eigenvalue weighted by Gasteiger charge is -2.18. The average Bonchev–Trinajstić information content (AvgIpc) is 3.49. The van der Waals surface area contributed by atoms with Crippen molar-refractivity contribution in [2.75, 3.05) is 0 Å². The molecule has 1 aromatic heterocycles. The van der Waals surface area contributed by atoms with Crippen molar-refractivity contribution in [3.63, 3.8) is 0 Å². The maximum Gasteiger partial charge on any atom is 0.393 e. The second-order valence-electron chi connectivity index (χ2n) is 9.65. The third-order valence-electron chi connectivity index (χ3n) is 7.28. The van der Waals surface area contributed by atoms with E-state index in [1.165, 1.54) is 0 Å². The van der Waals surface area contributed by atoms with Gasteiger partial charge in [-0.05, 0) is 72.1 Å². The SMILES string of the molecule is O=C(O)C[C@H]1CCc2c1[nH]c1ccc(OCc3ccc(C4CCCC4)c(CC(F)(F)F)c3)cc21. The number of ether oxygens (including phenoxy) is 1. The van der Waals surface area contributed by atoms with Gasteiger partial charge in [-0.3, -0.25) is 4.79 Å². The van der Waals surface area contributed by atoms with Crippen LogP contribution in [0.2, 0.25) is 0 Å². The zero-order valence-corrected chi connectivity index (χ0v) is 18.9. The van der Waals surface area contributed by atoms with Gasteiger partial charge < -0.3 is 14.8 Å². The van der Waals surface area contributed by atoms with Gasteiger partial charge in [0.25, 0.3) is 0 Å². The van der Waals surface area contributed by atoms with E-state index in [2.05, 4.69) is 4.98 Å². The number of alkyl halides is 3. The number of fused-ring (bicyclic) bond motifs is 3. The van der Waals surface area contributed by atoms with Crippen molar-refractivity contribution in [3.05, 3.63) is 64.3 Å². The summed E-state index contributed by atoms with van der Waals surface area (Å²) in [5.74, 6) is 0.0580. The molecule has 4 nitrogen and oxygen atoms in total. The summed E-state index contributed by atoms with van der Waals surface area (Å²) in [6, 6.07) is 11.1. The highest BCUT2D eigenvalue weighted by Gasteiger charge is 2.31. The largest absolute Gasteiger partial charge is 0.489 e. The van der Waals surface area contributed by atoms with Gasteiger partial charge in [0.2, 0.25) is 0 Å². The minimum atomic E-state index is -4.25. The molecule has 5 rings (SSSR count). The van der Waals surface area contributed by atoms with E-state index in [0.717, 1.165) is 71.8 Å². The molecule has 7 heteroatoms. The first kappa shape index (κ1) is 22.8. The van der Waals surface area contributed by atoms with Crippen LogP contribution < -0.4 is 4.74 Å². The lowest BCUT2D eigenvalue weighted by molar-refractivity contribution is -0.137. The summed E-state index contributed by atoms with van der Waals surface area (Å²) in [6.45, 7) is 0.190. The van der Waals surface area contributed by atoms with Gasteiger partial charge in [0.1, 0.15) is 12.4 Å². The number of carbonyl (C=O) groups is 1. The molecule has 0 aliphatic heterocycles. The lowest BCUT2D eigenvalue weighted by atomic mass is 9.90. The van der Waals surface area contributed by atoms with Gasteiger partial charge in [-0.1, -0.05) is 31.0 Å². The third kappa shape index (κ3) is 4.79. The molecule has 0 unspecified atom stereocenters. The maximum atomic E-state index is 13.2. The van der Waals surface area contributed by atoms with E-state index in [4.69, 9.17) is 9.84 Å². The number of carboxylic acids is 1. The monoisotopic (exact) mass is 471 g/mol. The van der Waals surface area contributed by atoms with Crippen molar-refractivity contribution in [3.8, 4) is 5.75 Å². The summed E-state index contributed by atoms with van der Waals surface area (Å²) < 4.78 is 45.7. The first-order valence-corrected chi connectivity index (χ1v) is 11.9. The zero-order valence-electron chi connectivity index (χ0n) is 18.9.